The Morgan fingerprint density at radius 2 is 2.00 bits per heavy atom. The molecule has 2 aromatic carbocycles. The van der Waals surface area contributed by atoms with E-state index in [0.717, 1.165) is 71.7 Å². The van der Waals surface area contributed by atoms with Gasteiger partial charge >= 0.3 is 0 Å². The van der Waals surface area contributed by atoms with Crippen molar-refractivity contribution >= 4 is 44.4 Å². The van der Waals surface area contributed by atoms with Gasteiger partial charge in [-0.2, -0.15) is 0 Å². The number of thiazole rings is 1. The Hall–Kier alpha value is -2.13. The molecule has 33 heavy (non-hydrogen) atoms. The molecule has 1 saturated heterocycles. The van der Waals surface area contributed by atoms with Crippen LogP contribution in [0.5, 0.6) is 5.75 Å². The largest absolute Gasteiger partial charge is 0.497 e. The van der Waals surface area contributed by atoms with Gasteiger partial charge in [0.1, 0.15) is 5.75 Å². The molecule has 176 valence electrons. The normalized spacial score (nSPS) is 14.5. The number of carbonyl (C=O) groups excluding carboxylic acids is 1. The number of benzene rings is 2. The Balaban J connectivity index is 1.47. The van der Waals surface area contributed by atoms with Crippen molar-refractivity contribution in [2.24, 2.45) is 0 Å². The zero-order valence-corrected chi connectivity index (χ0v) is 20.9. The van der Waals surface area contributed by atoms with Crippen LogP contribution in [0.4, 0.5) is 5.13 Å². The minimum atomic E-state index is 0.0925. The summed E-state index contributed by atoms with van der Waals surface area (Å²) >= 11 is 3.16. The van der Waals surface area contributed by atoms with E-state index in [1.807, 2.05) is 29.2 Å². The lowest BCUT2D eigenvalue weighted by atomic mass is 10.1. The first-order chi connectivity index (χ1) is 16.2. The fourth-order valence-electron chi connectivity index (χ4n) is 3.89. The number of hydrogen-bond acceptors (Lipinski definition) is 7. The summed E-state index contributed by atoms with van der Waals surface area (Å²) in [7, 11) is 1.66. The van der Waals surface area contributed by atoms with Crippen LogP contribution in [0.2, 0.25) is 0 Å². The number of aryl methyl sites for hydroxylation is 1. The van der Waals surface area contributed by atoms with E-state index in [1.54, 1.807) is 30.2 Å². The molecule has 1 fully saturated rings. The Morgan fingerprint density at radius 3 is 2.73 bits per heavy atom. The highest BCUT2D eigenvalue weighted by Gasteiger charge is 2.21. The molecule has 1 amide bonds. The van der Waals surface area contributed by atoms with E-state index in [1.165, 1.54) is 5.56 Å². The zero-order chi connectivity index (χ0) is 23.0. The number of thioether (sulfide) groups is 1. The molecule has 0 spiro atoms. The SMILES string of the molecule is CCc1cccc2sc(N(CCCN3CCOCC3)C(=O)CSc3ccc(OC)cc3)nc12. The second-order valence-corrected chi connectivity index (χ2v) is 9.99. The molecular formula is C25H31N3O3S2. The van der Waals surface area contributed by atoms with Crippen LogP contribution in [0.1, 0.15) is 18.9 Å². The fraction of sp³-hybridized carbons (Fsp3) is 0.440. The topological polar surface area (TPSA) is 54.9 Å². The number of carbonyl (C=O) groups is 1. The summed E-state index contributed by atoms with van der Waals surface area (Å²) in [5.74, 6) is 1.28. The molecule has 1 aliphatic rings. The van der Waals surface area contributed by atoms with Gasteiger partial charge in [0.15, 0.2) is 5.13 Å². The molecule has 0 radical (unpaired) electrons. The van der Waals surface area contributed by atoms with Crippen LogP contribution in [0.3, 0.4) is 0 Å². The van der Waals surface area contributed by atoms with Gasteiger partial charge in [0.2, 0.25) is 5.91 Å². The van der Waals surface area contributed by atoms with Gasteiger partial charge in [-0.3, -0.25) is 14.6 Å². The number of aromatic nitrogens is 1. The van der Waals surface area contributed by atoms with Gasteiger partial charge in [-0.15, -0.1) is 11.8 Å². The third-order valence-corrected chi connectivity index (χ3v) is 7.83. The number of fused-ring (bicyclic) bond motifs is 1. The average Bonchev–Trinajstić information content (AvgIpc) is 3.30. The molecule has 1 aliphatic heterocycles. The molecule has 0 bridgehead atoms. The van der Waals surface area contributed by atoms with Crippen LogP contribution in [-0.4, -0.2) is 68.0 Å². The monoisotopic (exact) mass is 485 g/mol. The van der Waals surface area contributed by atoms with E-state index in [2.05, 4.69) is 30.0 Å². The van der Waals surface area contributed by atoms with E-state index in [9.17, 15) is 4.79 Å². The predicted octanol–water partition coefficient (Wildman–Crippen LogP) is 4.71. The number of nitrogens with zero attached hydrogens (tertiary/aromatic N) is 3. The highest BCUT2D eigenvalue weighted by Crippen LogP contribution is 2.32. The maximum atomic E-state index is 13.4. The number of para-hydroxylation sites is 1. The van der Waals surface area contributed by atoms with Gasteiger partial charge < -0.3 is 9.47 Å². The lowest BCUT2D eigenvalue weighted by molar-refractivity contribution is -0.116. The summed E-state index contributed by atoms with van der Waals surface area (Å²) in [6.45, 7) is 7.28. The maximum Gasteiger partial charge on any atom is 0.239 e. The van der Waals surface area contributed by atoms with Gasteiger partial charge in [0, 0.05) is 31.1 Å². The van der Waals surface area contributed by atoms with Gasteiger partial charge in [-0.05, 0) is 48.7 Å². The summed E-state index contributed by atoms with van der Waals surface area (Å²) in [6.07, 6.45) is 1.84. The average molecular weight is 486 g/mol. The highest BCUT2D eigenvalue weighted by molar-refractivity contribution is 8.00. The van der Waals surface area contributed by atoms with Crippen molar-refractivity contribution in [1.82, 2.24) is 9.88 Å². The van der Waals surface area contributed by atoms with Gasteiger partial charge in [0.05, 0.1) is 36.3 Å². The zero-order valence-electron chi connectivity index (χ0n) is 19.3. The lowest BCUT2D eigenvalue weighted by Gasteiger charge is -2.27. The number of hydrogen-bond donors (Lipinski definition) is 0. The number of morpholine rings is 1. The van der Waals surface area contributed by atoms with Crippen LogP contribution >= 0.6 is 23.1 Å². The minimum Gasteiger partial charge on any atom is -0.497 e. The Bertz CT molecular complexity index is 1050. The van der Waals surface area contributed by atoms with Crippen LogP contribution in [0.25, 0.3) is 10.2 Å². The number of anilines is 1. The standard InChI is InChI=1S/C25H31N3O3S2/c1-3-19-6-4-7-22-24(19)26-25(33-22)28(13-5-12-27-14-16-31-17-15-27)23(29)18-32-21-10-8-20(30-2)9-11-21/h4,6-11H,3,5,12-18H2,1-2H3. The molecule has 0 aliphatic carbocycles. The van der Waals surface area contributed by atoms with Crippen molar-refractivity contribution in [1.29, 1.82) is 0 Å². The molecule has 3 aromatic rings. The van der Waals surface area contributed by atoms with Crippen molar-refractivity contribution in [3.63, 3.8) is 0 Å². The molecule has 2 heterocycles. The minimum absolute atomic E-state index is 0.0925. The van der Waals surface area contributed by atoms with E-state index in [0.29, 0.717) is 12.3 Å². The molecule has 4 rings (SSSR count). The summed E-state index contributed by atoms with van der Waals surface area (Å²) in [6, 6.07) is 14.1. The van der Waals surface area contributed by atoms with Gasteiger partial charge in [-0.25, -0.2) is 4.98 Å². The first kappa shape index (κ1) is 24.0. The van der Waals surface area contributed by atoms with Crippen molar-refractivity contribution in [3.05, 3.63) is 48.0 Å². The molecule has 0 N–H and O–H groups in total. The Kier molecular flexibility index (Phi) is 8.61. The van der Waals surface area contributed by atoms with E-state index >= 15 is 0 Å². The Morgan fingerprint density at radius 1 is 1.21 bits per heavy atom. The molecule has 0 unspecified atom stereocenters. The second kappa shape index (κ2) is 11.8. The maximum absolute atomic E-state index is 13.4. The molecule has 8 heteroatoms. The number of rotatable bonds is 10. The van der Waals surface area contributed by atoms with Crippen LogP contribution in [-0.2, 0) is 16.0 Å². The first-order valence-corrected chi connectivity index (χ1v) is 13.2. The highest BCUT2D eigenvalue weighted by atomic mass is 32.2. The van der Waals surface area contributed by atoms with Crippen molar-refractivity contribution in [3.8, 4) is 5.75 Å². The van der Waals surface area contributed by atoms with E-state index in [-0.39, 0.29) is 5.91 Å². The molecule has 0 atom stereocenters. The summed E-state index contributed by atoms with van der Waals surface area (Å²) in [5, 5.41) is 0.799. The van der Waals surface area contributed by atoms with E-state index < -0.39 is 0 Å². The van der Waals surface area contributed by atoms with E-state index in [4.69, 9.17) is 14.5 Å². The number of ether oxygens (including phenoxy) is 2. The number of amides is 1. The summed E-state index contributed by atoms with van der Waals surface area (Å²) in [5.41, 5.74) is 2.25. The molecule has 1 aromatic heterocycles. The predicted molar refractivity (Wildman–Crippen MR) is 137 cm³/mol. The fourth-order valence-corrected chi connectivity index (χ4v) is 5.73. The first-order valence-electron chi connectivity index (χ1n) is 11.4. The Labute approximate surface area is 203 Å². The van der Waals surface area contributed by atoms with Crippen molar-refractivity contribution in [2.45, 2.75) is 24.7 Å². The second-order valence-electron chi connectivity index (χ2n) is 7.93. The third kappa shape index (κ3) is 6.26. The molecule has 6 nitrogen and oxygen atoms in total. The lowest BCUT2D eigenvalue weighted by Crippen LogP contribution is -2.39. The van der Waals surface area contributed by atoms with Crippen LogP contribution in [0, 0.1) is 0 Å². The van der Waals surface area contributed by atoms with Crippen molar-refractivity contribution < 1.29 is 14.3 Å². The van der Waals surface area contributed by atoms with Crippen LogP contribution < -0.4 is 9.64 Å². The smallest absolute Gasteiger partial charge is 0.239 e. The van der Waals surface area contributed by atoms with Crippen molar-refractivity contribution in [2.75, 3.05) is 57.2 Å². The quantitative estimate of drug-likeness (QED) is 0.388. The van der Waals surface area contributed by atoms with Crippen LogP contribution in [0.15, 0.2) is 47.4 Å². The van der Waals surface area contributed by atoms with Gasteiger partial charge in [-0.1, -0.05) is 30.4 Å². The number of methoxy groups -OCH3 is 1. The molecular weight excluding hydrogens is 454 g/mol. The molecule has 0 saturated carbocycles. The summed E-state index contributed by atoms with van der Waals surface area (Å²) < 4.78 is 11.8. The summed E-state index contributed by atoms with van der Waals surface area (Å²) in [4.78, 5) is 23.6. The van der Waals surface area contributed by atoms with Gasteiger partial charge in [0.25, 0.3) is 0 Å². The third-order valence-electron chi connectivity index (χ3n) is 5.79.